The Bertz CT molecular complexity index is 328. The summed E-state index contributed by atoms with van der Waals surface area (Å²) >= 11 is 0. The van der Waals surface area contributed by atoms with Gasteiger partial charge in [0.15, 0.2) is 0 Å². The van der Waals surface area contributed by atoms with Crippen molar-refractivity contribution in [3.63, 3.8) is 0 Å². The number of amides is 2. The molecule has 0 radical (unpaired) electrons. The molecule has 1 aliphatic rings. The molecule has 0 saturated heterocycles. The molecule has 0 aromatic carbocycles. The fraction of sp³-hybridized carbons (Fsp3) is 0.545. The van der Waals surface area contributed by atoms with Crippen molar-refractivity contribution in [2.75, 3.05) is 14.1 Å². The third-order valence-corrected chi connectivity index (χ3v) is 2.52. The molecule has 1 fully saturated rings. The van der Waals surface area contributed by atoms with Crippen molar-refractivity contribution in [3.05, 3.63) is 24.2 Å². The predicted octanol–water partition coefficient (Wildman–Crippen LogP) is 1.93. The lowest BCUT2D eigenvalue weighted by atomic mass is 10.4. The fourth-order valence-corrected chi connectivity index (χ4v) is 1.57. The van der Waals surface area contributed by atoms with Gasteiger partial charge < -0.3 is 14.2 Å². The summed E-state index contributed by atoms with van der Waals surface area (Å²) in [4.78, 5) is 15.3. The zero-order valence-corrected chi connectivity index (χ0v) is 9.14. The third kappa shape index (κ3) is 2.32. The minimum absolute atomic E-state index is 0.0638. The van der Waals surface area contributed by atoms with Gasteiger partial charge >= 0.3 is 6.03 Å². The Hall–Kier alpha value is -1.45. The molecule has 1 saturated carbocycles. The van der Waals surface area contributed by atoms with Gasteiger partial charge in [0.1, 0.15) is 5.76 Å². The molecule has 0 aliphatic heterocycles. The number of carbonyl (C=O) groups is 1. The van der Waals surface area contributed by atoms with Gasteiger partial charge in [-0.1, -0.05) is 0 Å². The molecule has 15 heavy (non-hydrogen) atoms. The zero-order chi connectivity index (χ0) is 10.8. The van der Waals surface area contributed by atoms with Crippen LogP contribution in [0.25, 0.3) is 0 Å². The van der Waals surface area contributed by atoms with E-state index < -0.39 is 0 Å². The molecule has 4 heteroatoms. The summed E-state index contributed by atoms with van der Waals surface area (Å²) in [5.41, 5.74) is 0. The van der Waals surface area contributed by atoms with Crippen LogP contribution in [0.3, 0.4) is 0 Å². The van der Waals surface area contributed by atoms with Crippen LogP contribution in [-0.4, -0.2) is 36.0 Å². The highest BCUT2D eigenvalue weighted by molar-refractivity contribution is 5.74. The van der Waals surface area contributed by atoms with Crippen molar-refractivity contribution in [1.29, 1.82) is 0 Å². The molecule has 1 aromatic heterocycles. The smallest absolute Gasteiger partial charge is 0.320 e. The second-order valence-electron chi connectivity index (χ2n) is 4.12. The van der Waals surface area contributed by atoms with Crippen molar-refractivity contribution in [2.45, 2.75) is 25.4 Å². The standard InChI is InChI=1S/C11H16N2O2/c1-12(2)11(14)13(9-5-6-9)8-10-4-3-7-15-10/h3-4,7,9H,5-6,8H2,1-2H3. The SMILES string of the molecule is CN(C)C(=O)N(Cc1ccco1)C1CC1. The van der Waals surface area contributed by atoms with E-state index in [1.807, 2.05) is 17.0 Å². The molecule has 0 bridgehead atoms. The Balaban J connectivity index is 2.03. The van der Waals surface area contributed by atoms with Crippen LogP contribution < -0.4 is 0 Å². The molecule has 1 aliphatic carbocycles. The van der Waals surface area contributed by atoms with Gasteiger partial charge in [0.25, 0.3) is 0 Å². The number of hydrogen-bond acceptors (Lipinski definition) is 2. The number of urea groups is 1. The Morgan fingerprint density at radius 3 is 2.73 bits per heavy atom. The second kappa shape index (κ2) is 3.96. The number of hydrogen-bond donors (Lipinski definition) is 0. The largest absolute Gasteiger partial charge is 0.467 e. The van der Waals surface area contributed by atoms with Gasteiger partial charge in [-0.05, 0) is 25.0 Å². The van der Waals surface area contributed by atoms with Crippen LogP contribution in [0.15, 0.2) is 22.8 Å². The molecule has 1 heterocycles. The zero-order valence-electron chi connectivity index (χ0n) is 9.14. The van der Waals surface area contributed by atoms with Crippen LogP contribution in [0.4, 0.5) is 4.79 Å². The van der Waals surface area contributed by atoms with E-state index in [0.717, 1.165) is 18.6 Å². The van der Waals surface area contributed by atoms with E-state index in [2.05, 4.69) is 0 Å². The van der Waals surface area contributed by atoms with Crippen LogP contribution in [0.5, 0.6) is 0 Å². The number of carbonyl (C=O) groups excluding carboxylic acids is 1. The lowest BCUT2D eigenvalue weighted by Gasteiger charge is -2.25. The first-order valence-corrected chi connectivity index (χ1v) is 5.19. The average molecular weight is 208 g/mol. The Morgan fingerprint density at radius 1 is 1.53 bits per heavy atom. The summed E-state index contributed by atoms with van der Waals surface area (Å²) < 4.78 is 5.26. The monoisotopic (exact) mass is 208 g/mol. The highest BCUT2D eigenvalue weighted by Crippen LogP contribution is 2.29. The third-order valence-electron chi connectivity index (χ3n) is 2.52. The van der Waals surface area contributed by atoms with Gasteiger partial charge in [0.2, 0.25) is 0 Å². The van der Waals surface area contributed by atoms with Gasteiger partial charge in [-0.25, -0.2) is 4.79 Å². The molecule has 2 amide bonds. The maximum atomic E-state index is 11.9. The highest BCUT2D eigenvalue weighted by Gasteiger charge is 2.33. The highest BCUT2D eigenvalue weighted by atomic mass is 16.3. The summed E-state index contributed by atoms with van der Waals surface area (Å²) in [7, 11) is 3.56. The summed E-state index contributed by atoms with van der Waals surface area (Å²) in [6.07, 6.45) is 3.86. The van der Waals surface area contributed by atoms with Gasteiger partial charge in [-0.3, -0.25) is 0 Å². The fourth-order valence-electron chi connectivity index (χ4n) is 1.57. The van der Waals surface area contributed by atoms with Gasteiger partial charge in [-0.2, -0.15) is 0 Å². The van der Waals surface area contributed by atoms with Gasteiger partial charge in [0, 0.05) is 20.1 Å². The first kappa shape index (κ1) is 10.1. The molecular formula is C11H16N2O2. The molecule has 2 rings (SSSR count). The van der Waals surface area contributed by atoms with E-state index in [0.29, 0.717) is 12.6 Å². The lowest BCUT2D eigenvalue weighted by Crippen LogP contribution is -2.40. The summed E-state index contributed by atoms with van der Waals surface area (Å²) in [6.45, 7) is 0.578. The topological polar surface area (TPSA) is 36.7 Å². The maximum absolute atomic E-state index is 11.9. The minimum atomic E-state index is 0.0638. The molecule has 0 spiro atoms. The average Bonchev–Trinajstić information content (AvgIpc) is 2.92. The summed E-state index contributed by atoms with van der Waals surface area (Å²) in [6, 6.07) is 4.22. The van der Waals surface area contributed by atoms with E-state index in [-0.39, 0.29) is 6.03 Å². The summed E-state index contributed by atoms with van der Waals surface area (Å²) in [5.74, 6) is 0.845. The van der Waals surface area contributed by atoms with Crippen LogP contribution in [0, 0.1) is 0 Å². The van der Waals surface area contributed by atoms with Crippen molar-refractivity contribution in [1.82, 2.24) is 9.80 Å². The molecule has 0 N–H and O–H groups in total. The molecular weight excluding hydrogens is 192 g/mol. The van der Waals surface area contributed by atoms with E-state index in [1.165, 1.54) is 0 Å². The Morgan fingerprint density at radius 2 is 2.27 bits per heavy atom. The molecule has 82 valence electrons. The van der Waals surface area contributed by atoms with Crippen LogP contribution >= 0.6 is 0 Å². The first-order chi connectivity index (χ1) is 7.18. The minimum Gasteiger partial charge on any atom is -0.467 e. The molecule has 0 unspecified atom stereocenters. The lowest BCUT2D eigenvalue weighted by molar-refractivity contribution is 0.160. The van der Waals surface area contributed by atoms with E-state index in [9.17, 15) is 4.79 Å². The maximum Gasteiger partial charge on any atom is 0.320 e. The van der Waals surface area contributed by atoms with Crippen molar-refractivity contribution >= 4 is 6.03 Å². The van der Waals surface area contributed by atoms with Crippen molar-refractivity contribution < 1.29 is 9.21 Å². The van der Waals surface area contributed by atoms with E-state index >= 15 is 0 Å². The van der Waals surface area contributed by atoms with Crippen molar-refractivity contribution in [3.8, 4) is 0 Å². The van der Waals surface area contributed by atoms with Crippen LogP contribution in [-0.2, 0) is 6.54 Å². The summed E-state index contributed by atoms with van der Waals surface area (Å²) in [5, 5.41) is 0. The molecule has 0 atom stereocenters. The number of nitrogens with zero attached hydrogens (tertiary/aromatic N) is 2. The van der Waals surface area contributed by atoms with Gasteiger partial charge in [0.05, 0.1) is 12.8 Å². The Kier molecular flexibility index (Phi) is 2.66. The van der Waals surface area contributed by atoms with Crippen molar-refractivity contribution in [2.24, 2.45) is 0 Å². The first-order valence-electron chi connectivity index (χ1n) is 5.19. The van der Waals surface area contributed by atoms with E-state index in [4.69, 9.17) is 4.42 Å². The van der Waals surface area contributed by atoms with Crippen LogP contribution in [0.2, 0.25) is 0 Å². The van der Waals surface area contributed by atoms with Crippen LogP contribution in [0.1, 0.15) is 18.6 Å². The number of rotatable bonds is 3. The number of furan rings is 1. The predicted molar refractivity (Wildman–Crippen MR) is 56.4 cm³/mol. The quantitative estimate of drug-likeness (QED) is 0.761. The molecule has 4 nitrogen and oxygen atoms in total. The Labute approximate surface area is 89.5 Å². The van der Waals surface area contributed by atoms with E-state index in [1.54, 1.807) is 25.3 Å². The molecule has 1 aromatic rings. The second-order valence-corrected chi connectivity index (χ2v) is 4.12. The normalized spacial score (nSPS) is 15.1. The van der Waals surface area contributed by atoms with Gasteiger partial charge in [-0.15, -0.1) is 0 Å².